The number of likely N-dealkylation sites (tertiary alicyclic amines) is 1. The molecule has 1 aliphatic rings. The SMILES string of the molecule is CCOCCCN=C(NCCc1ccco1)NC1CCN(CCCOC)CC1. The van der Waals surface area contributed by atoms with Gasteiger partial charge < -0.3 is 29.4 Å². The van der Waals surface area contributed by atoms with E-state index in [9.17, 15) is 0 Å². The molecule has 0 radical (unpaired) electrons. The van der Waals surface area contributed by atoms with E-state index < -0.39 is 0 Å². The molecular formula is C21H38N4O3. The molecular weight excluding hydrogens is 356 g/mol. The Morgan fingerprint density at radius 1 is 1.29 bits per heavy atom. The molecule has 1 saturated heterocycles. The number of ether oxygens (including phenoxy) is 2. The molecule has 28 heavy (non-hydrogen) atoms. The van der Waals surface area contributed by atoms with Gasteiger partial charge in [0.15, 0.2) is 5.96 Å². The molecule has 0 aliphatic carbocycles. The van der Waals surface area contributed by atoms with Crippen molar-refractivity contribution >= 4 is 5.96 Å². The fourth-order valence-electron chi connectivity index (χ4n) is 3.34. The van der Waals surface area contributed by atoms with E-state index in [0.29, 0.717) is 6.04 Å². The van der Waals surface area contributed by atoms with E-state index in [1.165, 1.54) is 0 Å². The van der Waals surface area contributed by atoms with E-state index in [1.807, 2.05) is 19.1 Å². The summed E-state index contributed by atoms with van der Waals surface area (Å²) in [6, 6.07) is 4.41. The number of aliphatic imine (C=N–C) groups is 1. The smallest absolute Gasteiger partial charge is 0.191 e. The molecule has 1 aliphatic heterocycles. The Bertz CT molecular complexity index is 514. The summed E-state index contributed by atoms with van der Waals surface area (Å²) in [6.45, 7) is 9.35. The predicted octanol–water partition coefficient (Wildman–Crippen LogP) is 2.28. The van der Waals surface area contributed by atoms with E-state index in [4.69, 9.17) is 18.9 Å². The lowest BCUT2D eigenvalue weighted by molar-refractivity contribution is 0.146. The highest BCUT2D eigenvalue weighted by Gasteiger charge is 2.19. The Hall–Kier alpha value is -1.57. The Morgan fingerprint density at radius 3 is 2.86 bits per heavy atom. The summed E-state index contributed by atoms with van der Waals surface area (Å²) in [7, 11) is 1.77. The minimum atomic E-state index is 0.473. The third-order valence-corrected chi connectivity index (χ3v) is 4.92. The average Bonchev–Trinajstić information content (AvgIpc) is 3.22. The van der Waals surface area contributed by atoms with Crippen LogP contribution in [0.4, 0.5) is 0 Å². The summed E-state index contributed by atoms with van der Waals surface area (Å²) in [5.41, 5.74) is 0. The first-order valence-electron chi connectivity index (χ1n) is 10.7. The summed E-state index contributed by atoms with van der Waals surface area (Å²) >= 11 is 0. The van der Waals surface area contributed by atoms with Gasteiger partial charge in [-0.15, -0.1) is 0 Å². The summed E-state index contributed by atoms with van der Waals surface area (Å²) < 4.78 is 16.0. The van der Waals surface area contributed by atoms with Crippen LogP contribution in [0.5, 0.6) is 0 Å². The fourth-order valence-corrected chi connectivity index (χ4v) is 3.34. The standard InChI is InChI=1S/C21H38N4O3/c1-3-27-17-5-11-22-21(23-12-8-20-7-4-18-28-20)24-19-9-14-25(15-10-19)13-6-16-26-2/h4,7,18-19H,3,5-6,8-17H2,1-2H3,(H2,22,23,24). The van der Waals surface area contributed by atoms with Gasteiger partial charge in [-0.25, -0.2) is 0 Å². The summed E-state index contributed by atoms with van der Waals surface area (Å²) in [6.07, 6.45) is 6.91. The monoisotopic (exact) mass is 394 g/mol. The predicted molar refractivity (Wildman–Crippen MR) is 113 cm³/mol. The van der Waals surface area contributed by atoms with E-state index in [1.54, 1.807) is 13.4 Å². The molecule has 1 aromatic rings. The molecule has 0 bridgehead atoms. The van der Waals surface area contributed by atoms with Crippen LogP contribution in [0.25, 0.3) is 0 Å². The van der Waals surface area contributed by atoms with Crippen LogP contribution in [-0.2, 0) is 15.9 Å². The van der Waals surface area contributed by atoms with Gasteiger partial charge in [0, 0.05) is 72.1 Å². The van der Waals surface area contributed by atoms with Crippen LogP contribution in [0.1, 0.15) is 38.4 Å². The van der Waals surface area contributed by atoms with E-state index in [0.717, 1.165) is 96.4 Å². The fraction of sp³-hybridized carbons (Fsp3) is 0.762. The number of nitrogens with one attached hydrogen (secondary N) is 2. The quantitative estimate of drug-likeness (QED) is 0.304. The molecule has 1 aromatic heterocycles. The first kappa shape index (κ1) is 22.7. The molecule has 160 valence electrons. The van der Waals surface area contributed by atoms with Gasteiger partial charge in [-0.1, -0.05) is 0 Å². The highest BCUT2D eigenvalue weighted by atomic mass is 16.5. The van der Waals surface area contributed by atoms with Crippen LogP contribution in [0.2, 0.25) is 0 Å². The molecule has 2 heterocycles. The lowest BCUT2D eigenvalue weighted by atomic mass is 10.1. The van der Waals surface area contributed by atoms with Crippen LogP contribution in [0.15, 0.2) is 27.8 Å². The summed E-state index contributed by atoms with van der Waals surface area (Å²) in [4.78, 5) is 7.27. The number of methoxy groups -OCH3 is 1. The second kappa shape index (κ2) is 14.4. The van der Waals surface area contributed by atoms with E-state index in [2.05, 4.69) is 15.5 Å². The molecule has 7 nitrogen and oxygen atoms in total. The molecule has 0 unspecified atom stereocenters. The molecule has 7 heteroatoms. The number of piperidine rings is 1. The minimum absolute atomic E-state index is 0.473. The zero-order chi connectivity index (χ0) is 19.9. The van der Waals surface area contributed by atoms with Crippen LogP contribution in [0, 0.1) is 0 Å². The maximum absolute atomic E-state index is 5.41. The van der Waals surface area contributed by atoms with Crippen LogP contribution < -0.4 is 10.6 Å². The number of rotatable bonds is 13. The van der Waals surface area contributed by atoms with Crippen LogP contribution >= 0.6 is 0 Å². The van der Waals surface area contributed by atoms with Crippen molar-refractivity contribution in [2.75, 3.05) is 59.7 Å². The highest BCUT2D eigenvalue weighted by Crippen LogP contribution is 2.10. The lowest BCUT2D eigenvalue weighted by Gasteiger charge is -2.33. The first-order chi connectivity index (χ1) is 13.8. The molecule has 0 atom stereocenters. The van der Waals surface area contributed by atoms with Gasteiger partial charge in [0.25, 0.3) is 0 Å². The second-order valence-electron chi connectivity index (χ2n) is 7.14. The average molecular weight is 395 g/mol. The Balaban J connectivity index is 1.73. The van der Waals surface area contributed by atoms with E-state index >= 15 is 0 Å². The first-order valence-corrected chi connectivity index (χ1v) is 10.7. The van der Waals surface area contributed by atoms with E-state index in [-0.39, 0.29) is 0 Å². The highest BCUT2D eigenvalue weighted by molar-refractivity contribution is 5.80. The van der Waals surface area contributed by atoms with Gasteiger partial charge >= 0.3 is 0 Å². The molecule has 1 fully saturated rings. The van der Waals surface area contributed by atoms with Gasteiger partial charge in [-0.05, 0) is 44.7 Å². The molecule has 0 spiro atoms. The Morgan fingerprint density at radius 2 is 2.14 bits per heavy atom. The van der Waals surface area contributed by atoms with Crippen LogP contribution in [0.3, 0.4) is 0 Å². The molecule has 0 amide bonds. The molecule has 0 saturated carbocycles. The van der Waals surface area contributed by atoms with Crippen molar-refractivity contribution in [1.29, 1.82) is 0 Å². The zero-order valence-corrected chi connectivity index (χ0v) is 17.6. The largest absolute Gasteiger partial charge is 0.469 e. The number of furan rings is 1. The van der Waals surface area contributed by atoms with Gasteiger partial charge in [0.1, 0.15) is 5.76 Å². The summed E-state index contributed by atoms with van der Waals surface area (Å²) in [5.74, 6) is 1.90. The van der Waals surface area contributed by atoms with Crippen molar-refractivity contribution in [3.05, 3.63) is 24.2 Å². The van der Waals surface area contributed by atoms with Crippen molar-refractivity contribution in [3.63, 3.8) is 0 Å². The number of guanidine groups is 1. The lowest BCUT2D eigenvalue weighted by Crippen LogP contribution is -2.49. The van der Waals surface area contributed by atoms with Crippen molar-refractivity contribution in [2.24, 2.45) is 4.99 Å². The maximum atomic E-state index is 5.41. The Kier molecular flexibility index (Phi) is 11.7. The minimum Gasteiger partial charge on any atom is -0.469 e. The molecule has 2 N–H and O–H groups in total. The van der Waals surface area contributed by atoms with Crippen molar-refractivity contribution < 1.29 is 13.9 Å². The van der Waals surface area contributed by atoms with Gasteiger partial charge in [-0.2, -0.15) is 0 Å². The summed E-state index contributed by atoms with van der Waals surface area (Å²) in [5, 5.41) is 7.09. The molecule has 2 rings (SSSR count). The normalized spacial score (nSPS) is 16.4. The maximum Gasteiger partial charge on any atom is 0.191 e. The third kappa shape index (κ3) is 9.57. The number of nitrogens with zero attached hydrogens (tertiary/aromatic N) is 2. The van der Waals surface area contributed by atoms with Crippen molar-refractivity contribution in [1.82, 2.24) is 15.5 Å². The number of hydrogen-bond donors (Lipinski definition) is 2. The van der Waals surface area contributed by atoms with Crippen molar-refractivity contribution in [2.45, 2.75) is 45.1 Å². The van der Waals surface area contributed by atoms with Crippen LogP contribution in [-0.4, -0.2) is 76.6 Å². The molecule has 0 aromatic carbocycles. The topological polar surface area (TPSA) is 71.3 Å². The van der Waals surface area contributed by atoms with Gasteiger partial charge in [-0.3, -0.25) is 4.99 Å². The Labute approximate surface area is 169 Å². The van der Waals surface area contributed by atoms with Gasteiger partial charge in [0.2, 0.25) is 0 Å². The number of hydrogen-bond acceptors (Lipinski definition) is 5. The third-order valence-electron chi connectivity index (χ3n) is 4.92. The zero-order valence-electron chi connectivity index (χ0n) is 17.6. The van der Waals surface area contributed by atoms with Gasteiger partial charge in [0.05, 0.1) is 6.26 Å². The van der Waals surface area contributed by atoms with Crippen molar-refractivity contribution in [3.8, 4) is 0 Å². The second-order valence-corrected chi connectivity index (χ2v) is 7.14.